The molecule has 0 spiro atoms. The summed E-state index contributed by atoms with van der Waals surface area (Å²) in [6.45, 7) is 4.14. The van der Waals surface area contributed by atoms with Crippen molar-refractivity contribution < 1.29 is 8.42 Å². The van der Waals surface area contributed by atoms with E-state index in [0.29, 0.717) is 11.4 Å². The largest absolute Gasteiger partial charge is 0.296 e. The first kappa shape index (κ1) is 17.0. The van der Waals surface area contributed by atoms with Crippen molar-refractivity contribution in [2.45, 2.75) is 29.5 Å². The van der Waals surface area contributed by atoms with Crippen LogP contribution in [0.15, 0.2) is 53.1 Å². The zero-order valence-electron chi connectivity index (χ0n) is 14.9. The lowest BCUT2D eigenvalue weighted by atomic mass is 9.95. The molecule has 0 saturated carbocycles. The molecule has 0 aliphatic carbocycles. The Morgan fingerprint density at radius 1 is 1.22 bits per heavy atom. The molecule has 5 nitrogen and oxygen atoms in total. The third kappa shape index (κ3) is 2.72. The molecule has 0 amide bonds. The molecule has 1 aromatic carbocycles. The first-order valence-electron chi connectivity index (χ1n) is 8.93. The van der Waals surface area contributed by atoms with Gasteiger partial charge in [-0.15, -0.1) is 11.3 Å². The van der Waals surface area contributed by atoms with Gasteiger partial charge in [-0.1, -0.05) is 12.1 Å². The molecule has 7 heteroatoms. The number of nitrogens with zero attached hydrogens (tertiary/aromatic N) is 3. The van der Waals surface area contributed by atoms with Gasteiger partial charge in [-0.3, -0.25) is 9.88 Å². The highest BCUT2D eigenvalue weighted by Gasteiger charge is 2.50. The Morgan fingerprint density at radius 3 is 2.85 bits per heavy atom. The number of pyridine rings is 1. The first-order valence-corrected chi connectivity index (χ1v) is 11.4. The van der Waals surface area contributed by atoms with Crippen LogP contribution in [0.25, 0.3) is 11.1 Å². The van der Waals surface area contributed by atoms with Gasteiger partial charge in [0.2, 0.25) is 0 Å². The van der Waals surface area contributed by atoms with Crippen LogP contribution < -0.4 is 0 Å². The van der Waals surface area contributed by atoms with Crippen molar-refractivity contribution >= 4 is 21.2 Å². The molecule has 4 heterocycles. The van der Waals surface area contributed by atoms with E-state index in [2.05, 4.69) is 20.9 Å². The van der Waals surface area contributed by atoms with Crippen molar-refractivity contribution in [3.8, 4) is 11.1 Å². The fraction of sp³-hybridized carbons (Fsp3) is 0.300. The number of sulfone groups is 1. The van der Waals surface area contributed by atoms with Crippen LogP contribution in [0.4, 0.5) is 0 Å². The second kappa shape index (κ2) is 6.22. The van der Waals surface area contributed by atoms with Crippen LogP contribution in [-0.2, 0) is 16.4 Å². The van der Waals surface area contributed by atoms with E-state index in [-0.39, 0.29) is 11.2 Å². The molecule has 138 valence electrons. The van der Waals surface area contributed by atoms with Crippen molar-refractivity contribution in [3.63, 3.8) is 0 Å². The fourth-order valence-electron chi connectivity index (χ4n) is 4.25. The number of hydrogen-bond acceptors (Lipinski definition) is 6. The Bertz CT molecular complexity index is 1110. The van der Waals surface area contributed by atoms with E-state index in [4.69, 9.17) is 0 Å². The molecular formula is C20H19N3O2S2. The van der Waals surface area contributed by atoms with E-state index in [1.165, 1.54) is 4.88 Å². The highest BCUT2D eigenvalue weighted by Crippen LogP contribution is 2.46. The Hall–Kier alpha value is -2.09. The fourth-order valence-corrected chi connectivity index (χ4v) is 7.26. The lowest BCUT2D eigenvalue weighted by Crippen LogP contribution is -2.25. The maximum Gasteiger partial charge on any atom is 0.183 e. The predicted octanol–water partition coefficient (Wildman–Crippen LogP) is 3.27. The van der Waals surface area contributed by atoms with Crippen LogP contribution in [0.5, 0.6) is 0 Å². The molecule has 0 N–H and O–H groups in total. The quantitative estimate of drug-likeness (QED) is 0.679. The molecule has 1 fully saturated rings. The van der Waals surface area contributed by atoms with Gasteiger partial charge in [0.25, 0.3) is 0 Å². The Labute approximate surface area is 162 Å². The summed E-state index contributed by atoms with van der Waals surface area (Å²) in [5.41, 5.74) is 5.89. The van der Waals surface area contributed by atoms with E-state index in [1.807, 2.05) is 36.8 Å². The number of benzene rings is 1. The SMILES string of the molecule is Cc1ncsc1CN1C[C@@H]2[C@@H](C1)c1cc(-c3cccnc3)ccc1S2(=O)=O. The van der Waals surface area contributed by atoms with Gasteiger partial charge in [0.05, 0.1) is 21.3 Å². The minimum absolute atomic E-state index is 0.0369. The van der Waals surface area contributed by atoms with Crippen molar-refractivity contribution in [1.82, 2.24) is 14.9 Å². The lowest BCUT2D eigenvalue weighted by molar-refractivity contribution is 0.327. The zero-order chi connectivity index (χ0) is 18.6. The summed E-state index contributed by atoms with van der Waals surface area (Å²) in [4.78, 5) is 12.5. The van der Waals surface area contributed by atoms with Crippen molar-refractivity contribution in [2.24, 2.45) is 0 Å². The van der Waals surface area contributed by atoms with Crippen LogP contribution in [0.2, 0.25) is 0 Å². The summed E-state index contributed by atoms with van der Waals surface area (Å²) in [5, 5.41) is -0.343. The van der Waals surface area contributed by atoms with Crippen molar-refractivity contribution in [3.05, 3.63) is 64.4 Å². The standard InChI is InChI=1S/C20H19N3O2S2/c1-13-18(26-12-22-13)10-23-9-17-16-7-14(15-3-2-6-21-8-15)4-5-19(16)27(24,25)20(17)11-23/h2-8,12,17,20H,9-11H2,1H3/t17-,20+/m0/s1. The molecule has 2 aromatic heterocycles. The summed E-state index contributed by atoms with van der Waals surface area (Å²) in [6.07, 6.45) is 3.56. The van der Waals surface area contributed by atoms with Gasteiger partial charge >= 0.3 is 0 Å². The van der Waals surface area contributed by atoms with E-state index < -0.39 is 9.84 Å². The van der Waals surface area contributed by atoms with Gasteiger partial charge in [0, 0.05) is 42.8 Å². The number of hydrogen-bond donors (Lipinski definition) is 0. The number of fused-ring (bicyclic) bond motifs is 3. The zero-order valence-corrected chi connectivity index (χ0v) is 16.5. The number of rotatable bonds is 3. The Morgan fingerprint density at radius 2 is 2.11 bits per heavy atom. The summed E-state index contributed by atoms with van der Waals surface area (Å²) < 4.78 is 26.2. The smallest absolute Gasteiger partial charge is 0.183 e. The normalized spacial score (nSPS) is 23.3. The molecule has 27 heavy (non-hydrogen) atoms. The molecule has 0 unspecified atom stereocenters. The average molecular weight is 398 g/mol. The summed E-state index contributed by atoms with van der Waals surface area (Å²) in [5.74, 6) is 0.0369. The first-order chi connectivity index (χ1) is 13.0. The third-order valence-corrected chi connectivity index (χ3v) is 8.84. The second-order valence-electron chi connectivity index (χ2n) is 7.24. The molecule has 0 radical (unpaired) electrons. The number of thiazole rings is 1. The number of aryl methyl sites for hydroxylation is 1. The van der Waals surface area contributed by atoms with Crippen LogP contribution in [0.1, 0.15) is 22.1 Å². The molecule has 0 bridgehead atoms. The van der Waals surface area contributed by atoms with Gasteiger partial charge in [-0.25, -0.2) is 13.4 Å². The lowest BCUT2D eigenvalue weighted by Gasteiger charge is -2.17. The molecule has 2 aliphatic heterocycles. The van der Waals surface area contributed by atoms with E-state index in [9.17, 15) is 8.42 Å². The van der Waals surface area contributed by atoms with Gasteiger partial charge in [0.15, 0.2) is 9.84 Å². The molecule has 2 atom stereocenters. The van der Waals surface area contributed by atoms with E-state index in [0.717, 1.165) is 35.5 Å². The molecule has 1 saturated heterocycles. The minimum atomic E-state index is -3.27. The number of likely N-dealkylation sites (tertiary alicyclic amines) is 1. The van der Waals surface area contributed by atoms with Gasteiger partial charge < -0.3 is 0 Å². The summed E-state index contributed by atoms with van der Waals surface area (Å²) in [7, 11) is -3.27. The summed E-state index contributed by atoms with van der Waals surface area (Å²) in [6, 6.07) is 9.63. The number of aromatic nitrogens is 2. The maximum atomic E-state index is 13.1. The highest BCUT2D eigenvalue weighted by atomic mass is 32.2. The second-order valence-corrected chi connectivity index (χ2v) is 10.3. The van der Waals surface area contributed by atoms with E-state index in [1.54, 1.807) is 23.6 Å². The van der Waals surface area contributed by atoms with E-state index >= 15 is 0 Å². The van der Waals surface area contributed by atoms with Crippen LogP contribution in [0.3, 0.4) is 0 Å². The molecule has 3 aromatic rings. The minimum Gasteiger partial charge on any atom is -0.296 e. The molecular weight excluding hydrogens is 378 g/mol. The molecule has 5 rings (SSSR count). The average Bonchev–Trinajstić information content (AvgIpc) is 3.33. The predicted molar refractivity (Wildman–Crippen MR) is 106 cm³/mol. The Balaban J connectivity index is 1.50. The van der Waals surface area contributed by atoms with Gasteiger partial charge in [-0.05, 0) is 41.8 Å². The van der Waals surface area contributed by atoms with Crippen LogP contribution >= 0.6 is 11.3 Å². The van der Waals surface area contributed by atoms with Crippen LogP contribution in [-0.4, -0.2) is 41.6 Å². The van der Waals surface area contributed by atoms with Crippen molar-refractivity contribution in [1.29, 1.82) is 0 Å². The van der Waals surface area contributed by atoms with Crippen LogP contribution in [0, 0.1) is 6.92 Å². The Kier molecular flexibility index (Phi) is 3.93. The van der Waals surface area contributed by atoms with Gasteiger partial charge in [-0.2, -0.15) is 0 Å². The topological polar surface area (TPSA) is 63.2 Å². The van der Waals surface area contributed by atoms with Crippen molar-refractivity contribution in [2.75, 3.05) is 13.1 Å². The van der Waals surface area contributed by atoms with Gasteiger partial charge in [0.1, 0.15) is 0 Å². The monoisotopic (exact) mass is 397 g/mol. The third-order valence-electron chi connectivity index (χ3n) is 5.66. The highest BCUT2D eigenvalue weighted by molar-refractivity contribution is 7.92. The molecule has 2 aliphatic rings. The summed E-state index contributed by atoms with van der Waals surface area (Å²) >= 11 is 1.64. The maximum absolute atomic E-state index is 13.1.